The largest absolute Gasteiger partial charge is 0.416 e. The molecule has 8 heteroatoms. The summed E-state index contributed by atoms with van der Waals surface area (Å²) in [4.78, 5) is 16.7. The van der Waals surface area contributed by atoms with E-state index in [1.165, 1.54) is 11.6 Å². The van der Waals surface area contributed by atoms with Crippen molar-refractivity contribution >= 4 is 11.6 Å². The minimum atomic E-state index is -4.37. The quantitative estimate of drug-likeness (QED) is 0.591. The Morgan fingerprint density at radius 3 is 2.31 bits per heavy atom. The second kappa shape index (κ2) is 8.33. The van der Waals surface area contributed by atoms with E-state index in [1.807, 2.05) is 30.9 Å². The molecule has 1 aliphatic heterocycles. The maximum Gasteiger partial charge on any atom is 0.416 e. The fourth-order valence-corrected chi connectivity index (χ4v) is 3.92. The Morgan fingerprint density at radius 2 is 1.66 bits per heavy atom. The first kappa shape index (κ1) is 21.9. The van der Waals surface area contributed by atoms with Crippen LogP contribution in [-0.2, 0) is 13.2 Å². The predicted octanol–water partition coefficient (Wildman–Crippen LogP) is 4.69. The highest BCUT2D eigenvalue weighted by Crippen LogP contribution is 2.32. The molecule has 2 heterocycles. The van der Waals surface area contributed by atoms with Crippen LogP contribution in [0.5, 0.6) is 0 Å². The second-order valence-electron chi connectivity index (χ2n) is 8.16. The van der Waals surface area contributed by atoms with Gasteiger partial charge in [0.1, 0.15) is 5.69 Å². The van der Waals surface area contributed by atoms with Gasteiger partial charge in [-0.15, -0.1) is 0 Å². The zero-order chi connectivity index (χ0) is 23.0. The third-order valence-corrected chi connectivity index (χ3v) is 6.01. The van der Waals surface area contributed by atoms with Gasteiger partial charge >= 0.3 is 6.18 Å². The summed E-state index contributed by atoms with van der Waals surface area (Å²) in [6.45, 7) is 5.88. The van der Waals surface area contributed by atoms with Gasteiger partial charge in [0.2, 0.25) is 0 Å². The minimum Gasteiger partial charge on any atom is -0.368 e. The molecule has 0 spiro atoms. The molecule has 1 aromatic heterocycles. The molecule has 0 aliphatic carbocycles. The summed E-state index contributed by atoms with van der Waals surface area (Å²) in [6.07, 6.45) is -4.37. The average Bonchev–Trinajstić information content (AvgIpc) is 3.16. The Kier molecular flexibility index (Phi) is 5.71. The molecule has 1 amide bonds. The Labute approximate surface area is 185 Å². The van der Waals surface area contributed by atoms with Crippen LogP contribution in [0.25, 0.3) is 11.3 Å². The first-order valence-corrected chi connectivity index (χ1v) is 10.5. The van der Waals surface area contributed by atoms with Gasteiger partial charge in [0.15, 0.2) is 0 Å². The molecular formula is C24H25F3N4O. The lowest BCUT2D eigenvalue weighted by Crippen LogP contribution is -2.49. The van der Waals surface area contributed by atoms with Gasteiger partial charge in [0.05, 0.1) is 11.3 Å². The number of carbonyl (C=O) groups excluding carboxylic acids is 1. The number of carbonyl (C=O) groups is 1. The summed E-state index contributed by atoms with van der Waals surface area (Å²) in [7, 11) is 1.75. The number of hydrogen-bond acceptors (Lipinski definition) is 3. The van der Waals surface area contributed by atoms with Crippen LogP contribution in [0.2, 0.25) is 0 Å². The van der Waals surface area contributed by atoms with Gasteiger partial charge in [-0.3, -0.25) is 9.48 Å². The van der Waals surface area contributed by atoms with E-state index in [-0.39, 0.29) is 5.91 Å². The third kappa shape index (κ3) is 4.35. The number of anilines is 1. The lowest BCUT2D eigenvalue weighted by Gasteiger charge is -2.36. The van der Waals surface area contributed by atoms with Crippen molar-refractivity contribution in [2.45, 2.75) is 20.0 Å². The van der Waals surface area contributed by atoms with E-state index in [4.69, 9.17) is 0 Å². The highest BCUT2D eigenvalue weighted by molar-refractivity contribution is 5.94. The normalized spacial score (nSPS) is 14.7. The Bertz CT molecular complexity index is 1140. The van der Waals surface area contributed by atoms with Crippen LogP contribution < -0.4 is 4.90 Å². The molecule has 3 aromatic rings. The smallest absolute Gasteiger partial charge is 0.368 e. The summed E-state index contributed by atoms with van der Waals surface area (Å²) in [5.41, 5.74) is 4.39. The fourth-order valence-electron chi connectivity index (χ4n) is 3.92. The molecule has 0 radical (unpaired) electrons. The summed E-state index contributed by atoms with van der Waals surface area (Å²) in [6, 6.07) is 13.2. The van der Waals surface area contributed by atoms with Crippen LogP contribution in [0.4, 0.5) is 18.9 Å². The number of amides is 1. The van der Waals surface area contributed by atoms with Crippen molar-refractivity contribution in [2.24, 2.45) is 7.05 Å². The molecule has 5 nitrogen and oxygen atoms in total. The molecule has 1 aliphatic rings. The van der Waals surface area contributed by atoms with E-state index in [2.05, 4.69) is 11.2 Å². The predicted molar refractivity (Wildman–Crippen MR) is 118 cm³/mol. The topological polar surface area (TPSA) is 41.4 Å². The highest BCUT2D eigenvalue weighted by atomic mass is 19.4. The van der Waals surface area contributed by atoms with Gasteiger partial charge in [-0.05, 0) is 55.3 Å². The molecule has 0 atom stereocenters. The SMILES string of the molecule is Cc1ccc(-c2cc(C(=O)N3CCN(c4cccc(C(F)(F)F)c4)CC3)n(C)n2)cc1C. The maximum absolute atomic E-state index is 13.1. The van der Waals surface area contributed by atoms with Crippen LogP contribution in [0.3, 0.4) is 0 Å². The Balaban J connectivity index is 1.46. The number of piperazine rings is 1. The number of benzene rings is 2. The van der Waals surface area contributed by atoms with E-state index in [0.717, 1.165) is 29.0 Å². The standard InChI is InChI=1S/C24H25F3N4O/c1-16-7-8-18(13-17(16)2)21-15-22(29(3)28-21)23(32)31-11-9-30(10-12-31)20-6-4-5-19(14-20)24(25,26)27/h4-8,13-15H,9-12H2,1-3H3. The number of rotatable bonds is 3. The molecule has 0 bridgehead atoms. The minimum absolute atomic E-state index is 0.126. The van der Waals surface area contributed by atoms with Crippen molar-refractivity contribution < 1.29 is 18.0 Å². The van der Waals surface area contributed by atoms with Crippen LogP contribution in [-0.4, -0.2) is 46.8 Å². The lowest BCUT2D eigenvalue weighted by molar-refractivity contribution is -0.137. The van der Waals surface area contributed by atoms with E-state index < -0.39 is 11.7 Å². The van der Waals surface area contributed by atoms with Crippen molar-refractivity contribution in [3.05, 3.63) is 70.9 Å². The van der Waals surface area contributed by atoms with Crippen molar-refractivity contribution in [2.75, 3.05) is 31.1 Å². The molecule has 0 saturated carbocycles. The maximum atomic E-state index is 13.1. The number of aryl methyl sites for hydroxylation is 3. The van der Waals surface area contributed by atoms with Gasteiger partial charge in [0.25, 0.3) is 5.91 Å². The zero-order valence-corrected chi connectivity index (χ0v) is 18.3. The number of nitrogens with zero attached hydrogens (tertiary/aromatic N) is 4. The molecule has 0 unspecified atom stereocenters. The summed E-state index contributed by atoms with van der Waals surface area (Å²) in [5, 5.41) is 4.52. The summed E-state index contributed by atoms with van der Waals surface area (Å²) in [5.74, 6) is -0.126. The second-order valence-corrected chi connectivity index (χ2v) is 8.16. The van der Waals surface area contributed by atoms with Gasteiger partial charge in [-0.2, -0.15) is 18.3 Å². The van der Waals surface area contributed by atoms with Crippen LogP contribution in [0.15, 0.2) is 48.5 Å². The van der Waals surface area contributed by atoms with Gasteiger partial charge in [-0.25, -0.2) is 0 Å². The van der Waals surface area contributed by atoms with Crippen LogP contribution >= 0.6 is 0 Å². The molecule has 168 valence electrons. The first-order valence-electron chi connectivity index (χ1n) is 10.5. The zero-order valence-electron chi connectivity index (χ0n) is 18.3. The third-order valence-electron chi connectivity index (χ3n) is 6.01. The lowest BCUT2D eigenvalue weighted by atomic mass is 10.0. The molecule has 2 aromatic carbocycles. The molecular weight excluding hydrogens is 417 g/mol. The van der Waals surface area contributed by atoms with Crippen LogP contribution in [0.1, 0.15) is 27.2 Å². The highest BCUT2D eigenvalue weighted by Gasteiger charge is 2.31. The Hall–Kier alpha value is -3.29. The van der Waals surface area contributed by atoms with Crippen molar-refractivity contribution in [1.29, 1.82) is 0 Å². The molecule has 4 rings (SSSR count). The van der Waals surface area contributed by atoms with E-state index in [0.29, 0.717) is 37.6 Å². The average molecular weight is 442 g/mol. The van der Waals surface area contributed by atoms with Crippen LogP contribution in [0, 0.1) is 13.8 Å². The number of halogens is 3. The van der Waals surface area contributed by atoms with Gasteiger partial charge in [0, 0.05) is 44.5 Å². The molecule has 0 N–H and O–H groups in total. The first-order chi connectivity index (χ1) is 15.1. The van der Waals surface area contributed by atoms with Gasteiger partial charge < -0.3 is 9.80 Å². The van der Waals surface area contributed by atoms with E-state index in [1.54, 1.807) is 28.8 Å². The molecule has 1 fully saturated rings. The van der Waals surface area contributed by atoms with Crippen molar-refractivity contribution in [1.82, 2.24) is 14.7 Å². The van der Waals surface area contributed by atoms with Gasteiger partial charge in [-0.1, -0.05) is 18.2 Å². The monoisotopic (exact) mass is 442 g/mol. The van der Waals surface area contributed by atoms with E-state index in [9.17, 15) is 18.0 Å². The van der Waals surface area contributed by atoms with Crippen molar-refractivity contribution in [3.63, 3.8) is 0 Å². The molecule has 32 heavy (non-hydrogen) atoms. The summed E-state index contributed by atoms with van der Waals surface area (Å²) >= 11 is 0. The van der Waals surface area contributed by atoms with Crippen molar-refractivity contribution in [3.8, 4) is 11.3 Å². The number of aromatic nitrogens is 2. The summed E-state index contributed by atoms with van der Waals surface area (Å²) < 4.78 is 40.6. The fraction of sp³-hybridized carbons (Fsp3) is 0.333. The number of hydrogen-bond donors (Lipinski definition) is 0. The Morgan fingerprint density at radius 1 is 0.938 bits per heavy atom. The van der Waals surface area contributed by atoms with E-state index >= 15 is 0 Å². The number of alkyl halides is 3. The molecule has 1 saturated heterocycles.